The highest BCUT2D eigenvalue weighted by molar-refractivity contribution is 6.00. The van der Waals surface area contributed by atoms with Crippen LogP contribution >= 0.6 is 0 Å². The zero-order chi connectivity index (χ0) is 21.7. The van der Waals surface area contributed by atoms with Crippen LogP contribution in [0.3, 0.4) is 0 Å². The van der Waals surface area contributed by atoms with Crippen LogP contribution in [0.2, 0.25) is 0 Å². The van der Waals surface area contributed by atoms with Crippen molar-refractivity contribution in [2.45, 2.75) is 25.8 Å². The average molecular weight is 414 g/mol. The Hall–Kier alpha value is -3.82. The number of amides is 2. The average Bonchev–Trinajstić information content (AvgIpc) is 3.56. The fraction of sp³-hybridized carbons (Fsp3) is 0.300. The molecule has 0 aliphatic heterocycles. The smallest absolute Gasteiger partial charge is 0.293 e. The Kier molecular flexibility index (Phi) is 6.35. The minimum atomic E-state index is -0.678. The van der Waals surface area contributed by atoms with Crippen molar-refractivity contribution in [2.75, 3.05) is 19.0 Å². The van der Waals surface area contributed by atoms with Gasteiger partial charge in [-0.3, -0.25) is 30.6 Å². The molecule has 3 N–H and O–H groups in total. The van der Waals surface area contributed by atoms with Crippen molar-refractivity contribution >= 4 is 23.2 Å². The molecule has 0 atom stereocenters. The molecule has 0 unspecified atom stereocenters. The van der Waals surface area contributed by atoms with E-state index in [-0.39, 0.29) is 22.9 Å². The molecule has 0 bridgehead atoms. The summed E-state index contributed by atoms with van der Waals surface area (Å²) in [6, 6.07) is 8.95. The van der Waals surface area contributed by atoms with E-state index in [0.29, 0.717) is 23.8 Å². The van der Waals surface area contributed by atoms with Crippen LogP contribution in [0.5, 0.6) is 11.5 Å². The SMILES string of the molecule is CCOc1ccc(C(=O)NNC(=O)c2ccc(NC3CC3)c([N+](=O)[O-])c2)cc1OC. The van der Waals surface area contributed by atoms with Crippen molar-refractivity contribution in [1.29, 1.82) is 0 Å². The summed E-state index contributed by atoms with van der Waals surface area (Å²) in [5.74, 6) is -0.383. The van der Waals surface area contributed by atoms with Gasteiger partial charge < -0.3 is 14.8 Å². The topological polar surface area (TPSA) is 132 Å². The molecule has 1 saturated carbocycles. The maximum atomic E-state index is 12.3. The number of hydrogen-bond donors (Lipinski definition) is 3. The number of nitro groups is 1. The summed E-state index contributed by atoms with van der Waals surface area (Å²) in [5, 5.41) is 14.4. The number of anilines is 1. The van der Waals surface area contributed by atoms with Gasteiger partial charge in [-0.15, -0.1) is 0 Å². The lowest BCUT2D eigenvalue weighted by atomic mass is 10.1. The van der Waals surface area contributed by atoms with Gasteiger partial charge in [-0.1, -0.05) is 0 Å². The van der Waals surface area contributed by atoms with E-state index in [1.165, 1.54) is 37.4 Å². The summed E-state index contributed by atoms with van der Waals surface area (Å²) in [5.41, 5.74) is 5.00. The molecule has 0 spiro atoms. The van der Waals surface area contributed by atoms with E-state index in [1.807, 2.05) is 6.92 Å². The lowest BCUT2D eigenvalue weighted by Gasteiger charge is -2.12. The van der Waals surface area contributed by atoms with E-state index < -0.39 is 16.7 Å². The van der Waals surface area contributed by atoms with E-state index in [1.54, 1.807) is 6.07 Å². The van der Waals surface area contributed by atoms with Crippen molar-refractivity contribution < 1.29 is 24.0 Å². The van der Waals surface area contributed by atoms with Gasteiger partial charge in [0, 0.05) is 23.2 Å². The van der Waals surface area contributed by atoms with Crippen LogP contribution < -0.4 is 25.6 Å². The Labute approximate surface area is 172 Å². The van der Waals surface area contributed by atoms with Gasteiger partial charge in [-0.05, 0) is 50.1 Å². The highest BCUT2D eigenvalue weighted by atomic mass is 16.6. The van der Waals surface area contributed by atoms with E-state index in [4.69, 9.17) is 9.47 Å². The first-order valence-corrected chi connectivity index (χ1v) is 9.39. The highest BCUT2D eigenvalue weighted by Crippen LogP contribution is 2.31. The van der Waals surface area contributed by atoms with E-state index in [0.717, 1.165) is 12.8 Å². The van der Waals surface area contributed by atoms with E-state index in [2.05, 4.69) is 16.2 Å². The zero-order valence-electron chi connectivity index (χ0n) is 16.6. The van der Waals surface area contributed by atoms with E-state index in [9.17, 15) is 19.7 Å². The van der Waals surface area contributed by atoms with Crippen LogP contribution in [-0.2, 0) is 0 Å². The number of methoxy groups -OCH3 is 1. The quantitative estimate of drug-likeness (QED) is 0.447. The molecular formula is C20H22N4O6. The summed E-state index contributed by atoms with van der Waals surface area (Å²) >= 11 is 0. The Bertz CT molecular complexity index is 974. The summed E-state index contributed by atoms with van der Waals surface area (Å²) in [6.45, 7) is 2.27. The van der Waals surface area contributed by atoms with Crippen LogP contribution in [0.15, 0.2) is 36.4 Å². The fourth-order valence-corrected chi connectivity index (χ4v) is 2.74. The molecule has 2 aromatic rings. The lowest BCUT2D eigenvalue weighted by Crippen LogP contribution is -2.41. The van der Waals surface area contributed by atoms with Gasteiger partial charge in [0.1, 0.15) is 5.69 Å². The molecule has 0 saturated heterocycles. The Balaban J connectivity index is 1.67. The van der Waals surface area contributed by atoms with Crippen molar-refractivity contribution in [2.24, 2.45) is 0 Å². The Morgan fingerprint density at radius 1 is 1.07 bits per heavy atom. The standard InChI is InChI=1S/C20H22N4O6/c1-3-30-17-9-5-13(11-18(17)29-2)20(26)23-22-19(25)12-4-8-15(21-14-6-7-14)16(10-12)24(27)28/h4-5,8-11,14,21H,3,6-7H2,1-2H3,(H,22,25)(H,23,26). The summed E-state index contributed by atoms with van der Waals surface area (Å²) in [4.78, 5) is 35.5. The first kappa shape index (κ1) is 20.9. The number of nitrogens with zero attached hydrogens (tertiary/aromatic N) is 1. The number of rotatable bonds is 8. The Morgan fingerprint density at radius 3 is 2.27 bits per heavy atom. The molecule has 1 fully saturated rings. The molecule has 1 aliphatic carbocycles. The van der Waals surface area contributed by atoms with Crippen molar-refractivity contribution in [1.82, 2.24) is 10.9 Å². The number of hydrogen-bond acceptors (Lipinski definition) is 7. The maximum absolute atomic E-state index is 12.3. The molecule has 158 valence electrons. The number of benzene rings is 2. The summed E-state index contributed by atoms with van der Waals surface area (Å²) in [6.07, 6.45) is 1.92. The molecule has 10 nitrogen and oxygen atoms in total. The third-order valence-electron chi connectivity index (χ3n) is 4.41. The Morgan fingerprint density at radius 2 is 1.70 bits per heavy atom. The largest absolute Gasteiger partial charge is 0.493 e. The number of nitro benzene ring substituents is 1. The number of nitrogens with one attached hydrogen (secondary N) is 3. The monoisotopic (exact) mass is 414 g/mol. The van der Waals surface area contributed by atoms with Crippen molar-refractivity contribution in [3.8, 4) is 11.5 Å². The van der Waals surface area contributed by atoms with Gasteiger partial charge in [0.2, 0.25) is 0 Å². The molecular weight excluding hydrogens is 392 g/mol. The van der Waals surface area contributed by atoms with Gasteiger partial charge in [0.15, 0.2) is 11.5 Å². The third-order valence-corrected chi connectivity index (χ3v) is 4.41. The van der Waals surface area contributed by atoms with E-state index >= 15 is 0 Å². The van der Waals surface area contributed by atoms with Gasteiger partial charge >= 0.3 is 0 Å². The second-order valence-corrected chi connectivity index (χ2v) is 6.61. The van der Waals surface area contributed by atoms with Crippen molar-refractivity contribution in [3.63, 3.8) is 0 Å². The molecule has 10 heteroatoms. The normalized spacial score (nSPS) is 12.6. The molecule has 0 radical (unpaired) electrons. The second-order valence-electron chi connectivity index (χ2n) is 6.61. The van der Waals surface area contributed by atoms with Gasteiger partial charge in [0.05, 0.1) is 18.6 Å². The minimum absolute atomic E-state index is 0.0487. The lowest BCUT2D eigenvalue weighted by molar-refractivity contribution is -0.384. The third kappa shape index (κ3) is 4.96. The molecule has 2 amide bonds. The minimum Gasteiger partial charge on any atom is -0.493 e. The van der Waals surface area contributed by atoms with Crippen LogP contribution in [0.1, 0.15) is 40.5 Å². The fourth-order valence-electron chi connectivity index (χ4n) is 2.74. The highest BCUT2D eigenvalue weighted by Gasteiger charge is 2.25. The first-order valence-electron chi connectivity index (χ1n) is 9.39. The maximum Gasteiger partial charge on any atom is 0.293 e. The van der Waals surface area contributed by atoms with Crippen LogP contribution in [0.4, 0.5) is 11.4 Å². The molecule has 30 heavy (non-hydrogen) atoms. The molecule has 1 aliphatic rings. The predicted molar refractivity (Wildman–Crippen MR) is 109 cm³/mol. The van der Waals surface area contributed by atoms with Gasteiger partial charge in [0.25, 0.3) is 17.5 Å². The van der Waals surface area contributed by atoms with Gasteiger partial charge in [-0.25, -0.2) is 0 Å². The molecule has 3 rings (SSSR count). The second kappa shape index (κ2) is 9.12. The summed E-state index contributed by atoms with van der Waals surface area (Å²) in [7, 11) is 1.45. The van der Waals surface area contributed by atoms with Gasteiger partial charge in [-0.2, -0.15) is 0 Å². The number of carbonyl (C=O) groups is 2. The number of carbonyl (C=O) groups excluding carboxylic acids is 2. The molecule has 2 aromatic carbocycles. The number of ether oxygens (including phenoxy) is 2. The summed E-state index contributed by atoms with van der Waals surface area (Å²) < 4.78 is 10.6. The zero-order valence-corrected chi connectivity index (χ0v) is 16.6. The molecule has 0 aromatic heterocycles. The molecule has 0 heterocycles. The predicted octanol–water partition coefficient (Wildman–Crippen LogP) is 2.65. The van der Waals surface area contributed by atoms with Crippen LogP contribution in [0.25, 0.3) is 0 Å². The van der Waals surface area contributed by atoms with Crippen LogP contribution in [-0.4, -0.2) is 36.5 Å². The first-order chi connectivity index (χ1) is 14.4. The van der Waals surface area contributed by atoms with Crippen LogP contribution in [0, 0.1) is 10.1 Å². The van der Waals surface area contributed by atoms with Crippen molar-refractivity contribution in [3.05, 3.63) is 57.6 Å². The number of hydrazine groups is 1.